The second-order valence-electron chi connectivity index (χ2n) is 5.60. The van der Waals surface area contributed by atoms with Crippen LogP contribution in [0.3, 0.4) is 0 Å². The van der Waals surface area contributed by atoms with Crippen molar-refractivity contribution < 1.29 is 9.53 Å². The smallest absolute Gasteiger partial charge is 0.257 e. The second kappa shape index (κ2) is 8.45. The molecule has 5 heteroatoms. The van der Waals surface area contributed by atoms with E-state index in [0.29, 0.717) is 17.9 Å². The molecule has 2 aromatic carbocycles. The molecule has 2 rings (SSSR count). The summed E-state index contributed by atoms with van der Waals surface area (Å²) in [5.74, 6) is 0.415. The summed E-state index contributed by atoms with van der Waals surface area (Å²) in [5.41, 5.74) is 3.58. The molecule has 0 bridgehead atoms. The van der Waals surface area contributed by atoms with Gasteiger partial charge < -0.3 is 10.1 Å². The number of thiocarbonyl (C=S) groups is 1. The van der Waals surface area contributed by atoms with Gasteiger partial charge in [-0.2, -0.15) is 0 Å². The Morgan fingerprint density at radius 3 is 2.71 bits per heavy atom. The molecule has 0 fully saturated rings. The Hall–Kier alpha value is -2.40. The predicted octanol–water partition coefficient (Wildman–Crippen LogP) is 4.22. The maximum Gasteiger partial charge on any atom is 0.257 e. The number of carbonyl (C=O) groups is 1. The van der Waals surface area contributed by atoms with E-state index in [0.717, 1.165) is 23.2 Å². The molecule has 0 radical (unpaired) electrons. The number of benzene rings is 2. The Morgan fingerprint density at radius 2 is 1.96 bits per heavy atom. The van der Waals surface area contributed by atoms with Crippen LogP contribution in [-0.4, -0.2) is 17.6 Å². The average Bonchev–Trinajstić information content (AvgIpc) is 2.56. The van der Waals surface area contributed by atoms with Gasteiger partial charge in [-0.05, 0) is 67.9 Å². The minimum absolute atomic E-state index is 0.264. The summed E-state index contributed by atoms with van der Waals surface area (Å²) < 4.78 is 5.55. The summed E-state index contributed by atoms with van der Waals surface area (Å²) in [5, 5.41) is 6.04. The highest BCUT2D eigenvalue weighted by atomic mass is 32.1. The van der Waals surface area contributed by atoms with Gasteiger partial charge in [0, 0.05) is 11.3 Å². The van der Waals surface area contributed by atoms with E-state index in [1.54, 1.807) is 18.2 Å². The molecule has 0 aliphatic rings. The summed E-state index contributed by atoms with van der Waals surface area (Å²) in [7, 11) is 0. The van der Waals surface area contributed by atoms with Crippen LogP contribution in [0.5, 0.6) is 5.75 Å². The highest BCUT2D eigenvalue weighted by Gasteiger charge is 2.10. The van der Waals surface area contributed by atoms with Crippen LogP contribution in [0.15, 0.2) is 42.5 Å². The van der Waals surface area contributed by atoms with E-state index in [1.807, 2.05) is 45.0 Å². The number of carbonyl (C=O) groups excluding carboxylic acids is 1. The zero-order valence-electron chi connectivity index (χ0n) is 14.2. The van der Waals surface area contributed by atoms with Gasteiger partial charge >= 0.3 is 0 Å². The van der Waals surface area contributed by atoms with Crippen LogP contribution in [0.2, 0.25) is 0 Å². The molecule has 0 unspecified atom stereocenters. The van der Waals surface area contributed by atoms with Crippen LogP contribution >= 0.6 is 12.2 Å². The SMILES string of the molecule is CCCOc1cccc(C(=O)NC(=S)Nc2cc(C)ccc2C)c1. The first-order valence-electron chi connectivity index (χ1n) is 7.92. The van der Waals surface area contributed by atoms with Crippen LogP contribution in [0.25, 0.3) is 0 Å². The van der Waals surface area contributed by atoms with Crippen LogP contribution in [0.4, 0.5) is 5.69 Å². The molecular weight excluding hydrogens is 320 g/mol. The summed E-state index contributed by atoms with van der Waals surface area (Å²) in [6, 6.07) is 13.1. The average molecular weight is 342 g/mol. The van der Waals surface area contributed by atoms with Crippen molar-refractivity contribution in [3.8, 4) is 5.75 Å². The Labute approximate surface area is 148 Å². The lowest BCUT2D eigenvalue weighted by Crippen LogP contribution is -2.34. The summed E-state index contributed by atoms with van der Waals surface area (Å²) in [4.78, 5) is 12.3. The van der Waals surface area contributed by atoms with Crippen LogP contribution < -0.4 is 15.4 Å². The van der Waals surface area contributed by atoms with Gasteiger partial charge in [0.2, 0.25) is 0 Å². The molecular formula is C19H22N2O2S. The number of aryl methyl sites for hydroxylation is 2. The van der Waals surface area contributed by atoms with E-state index in [-0.39, 0.29) is 11.0 Å². The van der Waals surface area contributed by atoms with Gasteiger partial charge in [0.25, 0.3) is 5.91 Å². The molecule has 0 atom stereocenters. The first kappa shape index (κ1) is 17.9. The third-order valence-electron chi connectivity index (χ3n) is 3.44. The number of rotatable bonds is 5. The molecule has 1 amide bonds. The lowest BCUT2D eigenvalue weighted by Gasteiger charge is -2.13. The summed E-state index contributed by atoms with van der Waals surface area (Å²) >= 11 is 5.24. The minimum Gasteiger partial charge on any atom is -0.494 e. The van der Waals surface area contributed by atoms with Crippen molar-refractivity contribution in [1.82, 2.24) is 5.32 Å². The number of amides is 1. The van der Waals surface area contributed by atoms with Crippen molar-refractivity contribution in [3.63, 3.8) is 0 Å². The fraction of sp³-hybridized carbons (Fsp3) is 0.263. The molecule has 126 valence electrons. The summed E-state index contributed by atoms with van der Waals surface area (Å²) in [6.45, 7) is 6.65. The predicted molar refractivity (Wildman–Crippen MR) is 102 cm³/mol. The van der Waals surface area contributed by atoms with Gasteiger partial charge in [0.1, 0.15) is 5.75 Å². The molecule has 0 saturated carbocycles. The first-order chi connectivity index (χ1) is 11.5. The molecule has 0 aliphatic heterocycles. The number of hydrogen-bond donors (Lipinski definition) is 2. The number of anilines is 1. The molecule has 0 heterocycles. The van der Waals surface area contributed by atoms with Crippen LogP contribution in [0.1, 0.15) is 34.8 Å². The maximum absolute atomic E-state index is 12.3. The van der Waals surface area contributed by atoms with Gasteiger partial charge in [0.05, 0.1) is 6.61 Å². The highest BCUT2D eigenvalue weighted by molar-refractivity contribution is 7.80. The first-order valence-corrected chi connectivity index (χ1v) is 8.33. The van der Waals surface area contributed by atoms with Crippen molar-refractivity contribution in [3.05, 3.63) is 59.2 Å². The minimum atomic E-state index is -0.264. The van der Waals surface area contributed by atoms with E-state index in [4.69, 9.17) is 17.0 Å². The molecule has 2 N–H and O–H groups in total. The summed E-state index contributed by atoms with van der Waals surface area (Å²) in [6.07, 6.45) is 0.917. The van der Waals surface area contributed by atoms with E-state index in [1.165, 1.54) is 0 Å². The lowest BCUT2D eigenvalue weighted by atomic mass is 10.1. The molecule has 0 aliphatic carbocycles. The topological polar surface area (TPSA) is 50.4 Å². The van der Waals surface area contributed by atoms with Crippen LogP contribution in [-0.2, 0) is 0 Å². The van der Waals surface area contributed by atoms with E-state index < -0.39 is 0 Å². The third-order valence-corrected chi connectivity index (χ3v) is 3.64. The monoisotopic (exact) mass is 342 g/mol. The largest absolute Gasteiger partial charge is 0.494 e. The van der Waals surface area contributed by atoms with Gasteiger partial charge in [-0.1, -0.05) is 25.1 Å². The van der Waals surface area contributed by atoms with Crippen molar-refractivity contribution in [2.75, 3.05) is 11.9 Å². The van der Waals surface area contributed by atoms with E-state index in [2.05, 4.69) is 10.6 Å². The number of ether oxygens (including phenoxy) is 1. The van der Waals surface area contributed by atoms with E-state index in [9.17, 15) is 4.79 Å². The molecule has 0 aromatic heterocycles. The van der Waals surface area contributed by atoms with Crippen molar-refractivity contribution in [2.45, 2.75) is 27.2 Å². The van der Waals surface area contributed by atoms with Gasteiger partial charge in [0.15, 0.2) is 5.11 Å². The highest BCUT2D eigenvalue weighted by Crippen LogP contribution is 2.17. The zero-order valence-corrected chi connectivity index (χ0v) is 15.0. The van der Waals surface area contributed by atoms with Gasteiger partial charge in [-0.25, -0.2) is 0 Å². The molecule has 24 heavy (non-hydrogen) atoms. The molecule has 4 nitrogen and oxygen atoms in total. The lowest BCUT2D eigenvalue weighted by molar-refractivity contribution is 0.0977. The van der Waals surface area contributed by atoms with Crippen molar-refractivity contribution in [1.29, 1.82) is 0 Å². The fourth-order valence-electron chi connectivity index (χ4n) is 2.15. The molecule has 0 saturated heterocycles. The third kappa shape index (κ3) is 5.06. The Morgan fingerprint density at radius 1 is 1.17 bits per heavy atom. The Bertz CT molecular complexity index is 744. The molecule has 2 aromatic rings. The van der Waals surface area contributed by atoms with Crippen molar-refractivity contribution in [2.24, 2.45) is 0 Å². The Balaban J connectivity index is 2.01. The van der Waals surface area contributed by atoms with Crippen molar-refractivity contribution >= 4 is 28.9 Å². The molecule has 0 spiro atoms. The normalized spacial score (nSPS) is 10.1. The fourth-order valence-corrected chi connectivity index (χ4v) is 2.35. The second-order valence-corrected chi connectivity index (χ2v) is 6.01. The van der Waals surface area contributed by atoms with Gasteiger partial charge in [-0.15, -0.1) is 0 Å². The van der Waals surface area contributed by atoms with Crippen LogP contribution in [0, 0.1) is 13.8 Å². The standard InChI is InChI=1S/C19H22N2O2S/c1-4-10-23-16-7-5-6-15(12-16)18(22)21-19(24)20-17-11-13(2)8-9-14(17)3/h5-9,11-12H,4,10H2,1-3H3,(H2,20,21,22,24). The van der Waals surface area contributed by atoms with E-state index >= 15 is 0 Å². The maximum atomic E-state index is 12.3. The quantitative estimate of drug-likeness (QED) is 0.799. The number of nitrogens with one attached hydrogen (secondary N) is 2. The number of hydrogen-bond acceptors (Lipinski definition) is 3. The van der Waals surface area contributed by atoms with Gasteiger partial charge in [-0.3, -0.25) is 10.1 Å². The zero-order chi connectivity index (χ0) is 17.5. The Kier molecular flexibility index (Phi) is 6.32.